The van der Waals surface area contributed by atoms with Crippen LogP contribution in [0.5, 0.6) is 0 Å². The number of alkyl halides is 1. The Morgan fingerprint density at radius 1 is 1.46 bits per heavy atom. The average molecular weight is 420 g/mol. The second-order valence-electron chi connectivity index (χ2n) is 7.50. The zero-order chi connectivity index (χ0) is 20.3. The van der Waals surface area contributed by atoms with Crippen LogP contribution >= 0.6 is 23.4 Å². The average Bonchev–Trinajstić information content (AvgIpc) is 2.98. The van der Waals surface area contributed by atoms with E-state index >= 15 is 0 Å². The number of oxazole rings is 1. The summed E-state index contributed by atoms with van der Waals surface area (Å²) in [6.07, 6.45) is 11.5. The van der Waals surface area contributed by atoms with E-state index in [0.29, 0.717) is 16.7 Å². The maximum atomic E-state index is 10.0. The minimum atomic E-state index is -1.08. The van der Waals surface area contributed by atoms with Gasteiger partial charge in [-0.25, -0.2) is 4.98 Å². The van der Waals surface area contributed by atoms with E-state index in [9.17, 15) is 5.11 Å². The number of hydrogen-bond donors (Lipinski definition) is 1. The molecule has 5 nitrogen and oxygen atoms in total. The van der Waals surface area contributed by atoms with Gasteiger partial charge in [0.2, 0.25) is 0 Å². The van der Waals surface area contributed by atoms with Crippen LogP contribution in [0.2, 0.25) is 0 Å². The van der Waals surface area contributed by atoms with E-state index in [-0.39, 0.29) is 5.38 Å². The first-order chi connectivity index (χ1) is 13.3. The SMILES string of the molecule is C=C(N=C/C(=C\C)c1nc(C2CCC2)oc1SC1=CCC(Cl)C=N1)C(C)(C)O. The molecule has 1 fully saturated rings. The summed E-state index contributed by atoms with van der Waals surface area (Å²) in [5.74, 6) is 1.15. The Balaban J connectivity index is 1.89. The van der Waals surface area contributed by atoms with Crippen molar-refractivity contribution in [3.63, 3.8) is 0 Å². The van der Waals surface area contributed by atoms with E-state index < -0.39 is 5.60 Å². The fourth-order valence-corrected chi connectivity index (χ4v) is 3.64. The van der Waals surface area contributed by atoms with Crippen LogP contribution < -0.4 is 0 Å². The van der Waals surface area contributed by atoms with Crippen molar-refractivity contribution < 1.29 is 9.52 Å². The Hall–Kier alpha value is -1.63. The molecule has 0 radical (unpaired) electrons. The molecule has 1 unspecified atom stereocenters. The molecule has 1 atom stereocenters. The summed E-state index contributed by atoms with van der Waals surface area (Å²) in [6, 6.07) is 0. The zero-order valence-electron chi connectivity index (χ0n) is 16.5. The molecular weight excluding hydrogens is 394 g/mol. The molecular formula is C21H26ClN3O2S. The van der Waals surface area contributed by atoms with E-state index in [4.69, 9.17) is 21.0 Å². The van der Waals surface area contributed by atoms with Crippen LogP contribution in [-0.2, 0) is 0 Å². The van der Waals surface area contributed by atoms with Gasteiger partial charge in [0.05, 0.1) is 16.1 Å². The molecule has 150 valence electrons. The van der Waals surface area contributed by atoms with Crippen molar-refractivity contribution in [2.45, 2.75) is 68.4 Å². The molecule has 28 heavy (non-hydrogen) atoms. The van der Waals surface area contributed by atoms with Gasteiger partial charge in [0, 0.05) is 23.9 Å². The Bertz CT molecular complexity index is 857. The third kappa shape index (κ3) is 5.04. The number of hydrogen-bond acceptors (Lipinski definition) is 6. The number of aromatic nitrogens is 1. The summed E-state index contributed by atoms with van der Waals surface area (Å²) in [6.45, 7) is 9.08. The van der Waals surface area contributed by atoms with Gasteiger partial charge in [0.1, 0.15) is 11.3 Å². The smallest absolute Gasteiger partial charge is 0.199 e. The first-order valence-corrected chi connectivity index (χ1v) is 10.7. The van der Waals surface area contributed by atoms with Gasteiger partial charge in [-0.2, -0.15) is 0 Å². The first-order valence-electron chi connectivity index (χ1n) is 9.47. The van der Waals surface area contributed by atoms with Crippen LogP contribution in [0.4, 0.5) is 0 Å². The third-order valence-corrected chi connectivity index (χ3v) is 6.03. The number of aliphatic hydroxyl groups is 1. The highest BCUT2D eigenvalue weighted by Crippen LogP contribution is 2.41. The molecule has 7 heteroatoms. The predicted molar refractivity (Wildman–Crippen MR) is 117 cm³/mol. The summed E-state index contributed by atoms with van der Waals surface area (Å²) in [4.78, 5) is 13.5. The maximum Gasteiger partial charge on any atom is 0.199 e. The molecule has 0 bridgehead atoms. The standard InChI is InChI=1S/C21H26ClN3O2S/c1-5-14(11-23-13(2)21(3,4)26)18-20(27-19(25-18)15-7-6-8-15)28-17-10-9-16(22)12-24-17/h5,10-12,15-16,26H,2,6-9H2,1,3-4H3/b14-5+,23-11?. The van der Waals surface area contributed by atoms with E-state index in [0.717, 1.165) is 41.4 Å². The molecule has 0 spiro atoms. The van der Waals surface area contributed by atoms with Gasteiger partial charge in [-0.1, -0.05) is 19.1 Å². The van der Waals surface area contributed by atoms with Crippen molar-refractivity contribution in [1.29, 1.82) is 0 Å². The Labute approximate surface area is 175 Å². The molecule has 1 N–H and O–H groups in total. The Morgan fingerprint density at radius 2 is 2.21 bits per heavy atom. The molecule has 1 aliphatic heterocycles. The van der Waals surface area contributed by atoms with Gasteiger partial charge >= 0.3 is 0 Å². The van der Waals surface area contributed by atoms with Crippen LogP contribution in [-0.4, -0.2) is 33.5 Å². The lowest BCUT2D eigenvalue weighted by Crippen LogP contribution is -2.19. The lowest BCUT2D eigenvalue weighted by molar-refractivity contribution is 0.119. The highest BCUT2D eigenvalue weighted by Gasteiger charge is 2.28. The van der Waals surface area contributed by atoms with Gasteiger partial charge in [0.15, 0.2) is 11.0 Å². The van der Waals surface area contributed by atoms with Crippen molar-refractivity contribution in [3.05, 3.63) is 41.0 Å². The molecule has 2 heterocycles. The minimum Gasteiger partial charge on any atom is -0.433 e. The van der Waals surface area contributed by atoms with Crippen LogP contribution in [0.1, 0.15) is 64.0 Å². The second-order valence-corrected chi connectivity index (χ2v) is 9.05. The van der Waals surface area contributed by atoms with Crippen molar-refractivity contribution >= 4 is 41.4 Å². The zero-order valence-corrected chi connectivity index (χ0v) is 18.1. The molecule has 1 aromatic heterocycles. The molecule has 3 rings (SSSR count). The third-order valence-electron chi connectivity index (χ3n) is 4.80. The van der Waals surface area contributed by atoms with Crippen molar-refractivity contribution in [2.24, 2.45) is 9.98 Å². The number of nitrogens with zero attached hydrogens (tertiary/aromatic N) is 3. The highest BCUT2D eigenvalue weighted by atomic mass is 35.5. The number of thioether (sulfide) groups is 1. The monoisotopic (exact) mass is 419 g/mol. The summed E-state index contributed by atoms with van der Waals surface area (Å²) in [7, 11) is 0. The van der Waals surface area contributed by atoms with Crippen molar-refractivity contribution in [1.82, 2.24) is 4.98 Å². The molecule has 0 saturated heterocycles. The largest absolute Gasteiger partial charge is 0.433 e. The van der Waals surface area contributed by atoms with E-state index in [1.165, 1.54) is 18.2 Å². The summed E-state index contributed by atoms with van der Waals surface area (Å²) in [5.41, 5.74) is 0.869. The van der Waals surface area contributed by atoms with Crippen LogP contribution in [0, 0.1) is 0 Å². The Kier molecular flexibility index (Phi) is 6.63. The van der Waals surface area contributed by atoms with Crippen LogP contribution in [0.3, 0.4) is 0 Å². The summed E-state index contributed by atoms with van der Waals surface area (Å²) in [5, 5.41) is 11.5. The first kappa shape index (κ1) is 21.1. The molecule has 1 aliphatic carbocycles. The Morgan fingerprint density at radius 3 is 2.75 bits per heavy atom. The van der Waals surface area contributed by atoms with E-state index in [1.54, 1.807) is 26.3 Å². The quantitative estimate of drug-likeness (QED) is 0.453. The van der Waals surface area contributed by atoms with Gasteiger partial charge in [0.25, 0.3) is 0 Å². The molecule has 2 aliphatic rings. The van der Waals surface area contributed by atoms with E-state index in [2.05, 4.69) is 16.6 Å². The van der Waals surface area contributed by atoms with Gasteiger partial charge in [-0.3, -0.25) is 9.98 Å². The van der Waals surface area contributed by atoms with Crippen LogP contribution in [0.25, 0.3) is 5.57 Å². The number of rotatable bonds is 7. The van der Waals surface area contributed by atoms with Gasteiger partial charge in [-0.15, -0.1) is 11.6 Å². The van der Waals surface area contributed by atoms with E-state index in [1.807, 2.05) is 19.1 Å². The molecule has 0 amide bonds. The maximum absolute atomic E-state index is 10.0. The minimum absolute atomic E-state index is 0.0600. The number of halogens is 1. The van der Waals surface area contributed by atoms with Gasteiger partial charge < -0.3 is 9.52 Å². The number of allylic oxidation sites excluding steroid dienone is 3. The number of aliphatic imine (C=N–C) groups is 2. The normalized spacial score (nSPS) is 21.1. The lowest BCUT2D eigenvalue weighted by Gasteiger charge is -2.21. The predicted octanol–water partition coefficient (Wildman–Crippen LogP) is 5.72. The lowest BCUT2D eigenvalue weighted by atomic mass is 9.85. The molecule has 1 aromatic rings. The second kappa shape index (κ2) is 8.80. The van der Waals surface area contributed by atoms with Crippen molar-refractivity contribution in [3.8, 4) is 0 Å². The van der Waals surface area contributed by atoms with Crippen LogP contribution in [0.15, 0.2) is 49.0 Å². The topological polar surface area (TPSA) is 71.0 Å². The highest BCUT2D eigenvalue weighted by molar-refractivity contribution is 8.03. The summed E-state index contributed by atoms with van der Waals surface area (Å²) < 4.78 is 6.14. The summed E-state index contributed by atoms with van der Waals surface area (Å²) >= 11 is 7.53. The molecule has 1 saturated carbocycles. The van der Waals surface area contributed by atoms with Crippen molar-refractivity contribution in [2.75, 3.05) is 0 Å². The molecule has 0 aromatic carbocycles. The fraction of sp³-hybridized carbons (Fsp3) is 0.476. The fourth-order valence-electron chi connectivity index (χ4n) is 2.63. The van der Waals surface area contributed by atoms with Gasteiger partial charge in [-0.05, 0) is 57.9 Å².